The number of hydrogen-bond acceptors (Lipinski definition) is 3. The molecule has 5 nitrogen and oxygen atoms in total. The molecular weight excluding hydrogens is 309 g/mol. The highest BCUT2D eigenvalue weighted by atomic mass is 127. The SMILES string of the molecule is O=[N+]([O-])c1cn[nH]c1-c1ccc(I)cc1. The molecule has 1 heterocycles. The highest BCUT2D eigenvalue weighted by Gasteiger charge is 2.17. The number of nitrogens with one attached hydrogen (secondary N) is 1. The van der Waals surface area contributed by atoms with Crippen LogP contribution in [-0.4, -0.2) is 15.1 Å². The lowest BCUT2D eigenvalue weighted by atomic mass is 10.1. The van der Waals surface area contributed by atoms with Gasteiger partial charge in [-0.2, -0.15) is 5.10 Å². The summed E-state index contributed by atoms with van der Waals surface area (Å²) < 4.78 is 1.08. The van der Waals surface area contributed by atoms with Gasteiger partial charge in [-0.3, -0.25) is 15.2 Å². The largest absolute Gasteiger partial charge is 0.314 e. The van der Waals surface area contributed by atoms with Crippen LogP contribution >= 0.6 is 22.6 Å². The standard InChI is InChI=1S/C9H6IN3O2/c10-7-3-1-6(2-4-7)9-8(13(14)15)5-11-12-9/h1-5H,(H,11,12). The number of nitrogens with zero attached hydrogens (tertiary/aromatic N) is 2. The van der Waals surface area contributed by atoms with Crippen LogP contribution in [0.15, 0.2) is 30.5 Å². The van der Waals surface area contributed by atoms with Crippen molar-refractivity contribution in [3.05, 3.63) is 44.1 Å². The second kappa shape index (κ2) is 3.97. The van der Waals surface area contributed by atoms with E-state index >= 15 is 0 Å². The highest BCUT2D eigenvalue weighted by Crippen LogP contribution is 2.27. The fourth-order valence-corrected chi connectivity index (χ4v) is 1.61. The molecule has 0 aliphatic heterocycles. The minimum Gasteiger partial charge on any atom is -0.271 e. The Labute approximate surface area is 98.8 Å². The van der Waals surface area contributed by atoms with E-state index in [1.54, 1.807) is 0 Å². The molecule has 0 fully saturated rings. The summed E-state index contributed by atoms with van der Waals surface area (Å²) in [6, 6.07) is 7.42. The molecule has 1 N–H and O–H groups in total. The van der Waals surface area contributed by atoms with Gasteiger partial charge in [-0.15, -0.1) is 0 Å². The third-order valence-electron chi connectivity index (χ3n) is 1.95. The monoisotopic (exact) mass is 315 g/mol. The molecule has 2 aromatic rings. The molecule has 15 heavy (non-hydrogen) atoms. The Morgan fingerprint density at radius 1 is 1.33 bits per heavy atom. The van der Waals surface area contributed by atoms with Gasteiger partial charge in [-0.1, -0.05) is 12.1 Å². The number of halogens is 1. The van der Waals surface area contributed by atoms with Gasteiger partial charge in [0.2, 0.25) is 0 Å². The summed E-state index contributed by atoms with van der Waals surface area (Å²) in [6.07, 6.45) is 1.22. The summed E-state index contributed by atoms with van der Waals surface area (Å²) in [5.74, 6) is 0. The summed E-state index contributed by atoms with van der Waals surface area (Å²) in [5.41, 5.74) is 1.20. The zero-order chi connectivity index (χ0) is 10.8. The van der Waals surface area contributed by atoms with Gasteiger partial charge in [-0.05, 0) is 34.7 Å². The predicted octanol–water partition coefficient (Wildman–Crippen LogP) is 2.59. The molecule has 0 aliphatic rings. The summed E-state index contributed by atoms with van der Waals surface area (Å²) in [6.45, 7) is 0. The average Bonchev–Trinajstić information content (AvgIpc) is 2.67. The molecule has 1 aromatic carbocycles. The van der Waals surface area contributed by atoms with Crippen molar-refractivity contribution in [1.82, 2.24) is 10.2 Å². The van der Waals surface area contributed by atoms with Crippen molar-refractivity contribution in [1.29, 1.82) is 0 Å². The van der Waals surface area contributed by atoms with Crippen LogP contribution in [0.4, 0.5) is 5.69 Å². The maximum Gasteiger partial charge on any atom is 0.314 e. The lowest BCUT2D eigenvalue weighted by Crippen LogP contribution is -1.89. The van der Waals surface area contributed by atoms with Crippen LogP contribution in [0.2, 0.25) is 0 Å². The van der Waals surface area contributed by atoms with Gasteiger partial charge >= 0.3 is 5.69 Å². The maximum atomic E-state index is 10.7. The predicted molar refractivity (Wildman–Crippen MR) is 63.4 cm³/mol. The van der Waals surface area contributed by atoms with Crippen molar-refractivity contribution in [2.45, 2.75) is 0 Å². The summed E-state index contributed by atoms with van der Waals surface area (Å²) >= 11 is 2.18. The van der Waals surface area contributed by atoms with E-state index in [-0.39, 0.29) is 5.69 Å². The van der Waals surface area contributed by atoms with Gasteiger partial charge < -0.3 is 0 Å². The molecule has 76 valence electrons. The lowest BCUT2D eigenvalue weighted by Gasteiger charge is -1.97. The number of aromatic amines is 1. The molecule has 6 heteroatoms. The van der Waals surface area contributed by atoms with Gasteiger partial charge in [0.1, 0.15) is 11.9 Å². The van der Waals surface area contributed by atoms with Crippen molar-refractivity contribution in [3.63, 3.8) is 0 Å². The third kappa shape index (κ3) is 1.99. The summed E-state index contributed by atoms with van der Waals surface area (Å²) in [7, 11) is 0. The highest BCUT2D eigenvalue weighted by molar-refractivity contribution is 14.1. The average molecular weight is 315 g/mol. The molecule has 0 radical (unpaired) electrons. The van der Waals surface area contributed by atoms with Gasteiger partial charge in [0.05, 0.1) is 4.92 Å². The van der Waals surface area contributed by atoms with Crippen LogP contribution < -0.4 is 0 Å². The molecular formula is C9H6IN3O2. The normalized spacial score (nSPS) is 10.2. The van der Waals surface area contributed by atoms with Crippen LogP contribution in [0, 0.1) is 13.7 Å². The first-order chi connectivity index (χ1) is 7.18. The molecule has 0 saturated carbocycles. The first-order valence-corrected chi connectivity index (χ1v) is 5.20. The van der Waals surface area contributed by atoms with E-state index in [2.05, 4.69) is 32.8 Å². The second-order valence-corrected chi connectivity index (χ2v) is 4.14. The first-order valence-electron chi connectivity index (χ1n) is 4.12. The molecule has 0 aliphatic carbocycles. The minimum absolute atomic E-state index is 0.00351. The number of nitro groups is 1. The Morgan fingerprint density at radius 2 is 2.00 bits per heavy atom. The molecule has 2 rings (SSSR count). The maximum absolute atomic E-state index is 10.7. The zero-order valence-electron chi connectivity index (χ0n) is 7.48. The molecule has 0 bridgehead atoms. The van der Waals surface area contributed by atoms with Crippen LogP contribution in [0.3, 0.4) is 0 Å². The molecule has 0 spiro atoms. The second-order valence-electron chi connectivity index (χ2n) is 2.89. The van der Waals surface area contributed by atoms with Gasteiger partial charge in [-0.25, -0.2) is 0 Å². The summed E-state index contributed by atoms with van der Waals surface area (Å²) in [4.78, 5) is 10.2. The quantitative estimate of drug-likeness (QED) is 0.526. The van der Waals surface area contributed by atoms with Gasteiger partial charge in [0.25, 0.3) is 0 Å². The zero-order valence-corrected chi connectivity index (χ0v) is 9.63. The van der Waals surface area contributed by atoms with Crippen LogP contribution in [-0.2, 0) is 0 Å². The molecule has 1 aromatic heterocycles. The number of aromatic nitrogens is 2. The van der Waals surface area contributed by atoms with E-state index in [0.29, 0.717) is 5.69 Å². The number of benzene rings is 1. The first kappa shape index (κ1) is 10.1. The Bertz CT molecular complexity index is 492. The van der Waals surface area contributed by atoms with Crippen molar-refractivity contribution in [2.24, 2.45) is 0 Å². The lowest BCUT2D eigenvalue weighted by molar-refractivity contribution is -0.384. The fraction of sp³-hybridized carbons (Fsp3) is 0. The third-order valence-corrected chi connectivity index (χ3v) is 2.67. The van der Waals surface area contributed by atoms with E-state index < -0.39 is 4.92 Å². The minimum atomic E-state index is -0.448. The van der Waals surface area contributed by atoms with E-state index in [1.165, 1.54) is 6.20 Å². The van der Waals surface area contributed by atoms with E-state index in [1.807, 2.05) is 24.3 Å². The van der Waals surface area contributed by atoms with E-state index in [9.17, 15) is 10.1 Å². The number of H-pyrrole nitrogens is 1. The molecule has 0 amide bonds. The number of hydrogen-bond donors (Lipinski definition) is 1. The Morgan fingerprint density at radius 3 is 2.60 bits per heavy atom. The van der Waals surface area contributed by atoms with Gasteiger partial charge in [0.15, 0.2) is 0 Å². The molecule has 0 unspecified atom stereocenters. The topological polar surface area (TPSA) is 71.8 Å². The van der Waals surface area contributed by atoms with E-state index in [0.717, 1.165) is 9.13 Å². The summed E-state index contributed by atoms with van der Waals surface area (Å²) in [5, 5.41) is 17.0. The smallest absolute Gasteiger partial charge is 0.271 e. The van der Waals surface area contributed by atoms with Crippen molar-refractivity contribution in [2.75, 3.05) is 0 Å². The molecule has 0 saturated heterocycles. The van der Waals surface area contributed by atoms with Crippen molar-refractivity contribution in [3.8, 4) is 11.3 Å². The van der Waals surface area contributed by atoms with Crippen LogP contribution in [0.1, 0.15) is 0 Å². The van der Waals surface area contributed by atoms with Crippen molar-refractivity contribution < 1.29 is 4.92 Å². The van der Waals surface area contributed by atoms with Crippen LogP contribution in [0.5, 0.6) is 0 Å². The Balaban J connectivity index is 2.49. The Kier molecular flexibility index (Phi) is 2.67. The van der Waals surface area contributed by atoms with Gasteiger partial charge in [0, 0.05) is 9.13 Å². The Hall–Kier alpha value is -1.44. The van der Waals surface area contributed by atoms with Crippen LogP contribution in [0.25, 0.3) is 11.3 Å². The molecule has 0 atom stereocenters. The van der Waals surface area contributed by atoms with Crippen molar-refractivity contribution >= 4 is 28.3 Å². The number of rotatable bonds is 2. The van der Waals surface area contributed by atoms with E-state index in [4.69, 9.17) is 0 Å². The fourth-order valence-electron chi connectivity index (χ4n) is 1.25.